The summed E-state index contributed by atoms with van der Waals surface area (Å²) in [7, 11) is 0. The van der Waals surface area contributed by atoms with Gasteiger partial charge in [-0.3, -0.25) is 0 Å². The fourth-order valence-corrected chi connectivity index (χ4v) is 2.48. The normalized spacial score (nSPS) is 10.5. The van der Waals surface area contributed by atoms with Gasteiger partial charge in [-0.05, 0) is 31.5 Å². The van der Waals surface area contributed by atoms with E-state index in [1.807, 2.05) is 31.2 Å². The quantitative estimate of drug-likeness (QED) is 0.779. The third-order valence-electron chi connectivity index (χ3n) is 2.49. The molecule has 0 spiro atoms. The molecule has 0 aliphatic carbocycles. The predicted octanol–water partition coefficient (Wildman–Crippen LogP) is 4.08. The van der Waals surface area contributed by atoms with Crippen molar-refractivity contribution in [2.45, 2.75) is 26.3 Å². The lowest BCUT2D eigenvalue weighted by Crippen LogP contribution is -1.95. The molecule has 0 fully saturated rings. The standard InChI is InChI=1S/C13H14ClNOS/c1-9-10(2)17-13(15-9)8-16-12-5-3-4-11(6-12)7-14/h3-6H,7-8H2,1-2H3. The molecule has 0 unspecified atom stereocenters. The van der Waals surface area contributed by atoms with Crippen molar-refractivity contribution in [3.63, 3.8) is 0 Å². The van der Waals surface area contributed by atoms with Crippen LogP contribution in [-0.2, 0) is 12.5 Å². The number of thiazole rings is 1. The minimum atomic E-state index is 0.507. The second-order valence-corrected chi connectivity index (χ2v) is 5.37. The van der Waals surface area contributed by atoms with Gasteiger partial charge < -0.3 is 4.74 Å². The summed E-state index contributed by atoms with van der Waals surface area (Å²) in [5.74, 6) is 1.35. The first-order valence-electron chi connectivity index (χ1n) is 5.39. The minimum absolute atomic E-state index is 0.507. The number of hydrogen-bond donors (Lipinski definition) is 0. The smallest absolute Gasteiger partial charge is 0.140 e. The van der Waals surface area contributed by atoms with Crippen molar-refractivity contribution in [3.05, 3.63) is 45.4 Å². The monoisotopic (exact) mass is 267 g/mol. The molecule has 2 nitrogen and oxygen atoms in total. The van der Waals surface area contributed by atoms with Crippen LogP contribution in [-0.4, -0.2) is 4.98 Å². The zero-order chi connectivity index (χ0) is 12.3. The van der Waals surface area contributed by atoms with Crippen molar-refractivity contribution in [1.82, 2.24) is 4.98 Å². The van der Waals surface area contributed by atoms with Crippen LogP contribution in [0.1, 0.15) is 21.1 Å². The number of aromatic nitrogens is 1. The van der Waals surface area contributed by atoms with E-state index >= 15 is 0 Å². The van der Waals surface area contributed by atoms with Crippen molar-refractivity contribution in [1.29, 1.82) is 0 Å². The maximum atomic E-state index is 5.77. The molecule has 2 aromatic rings. The summed E-state index contributed by atoms with van der Waals surface area (Å²) in [6.07, 6.45) is 0. The number of alkyl halides is 1. The Morgan fingerprint density at radius 1 is 1.35 bits per heavy atom. The molecule has 2 rings (SSSR count). The van der Waals surface area contributed by atoms with Gasteiger partial charge in [0.25, 0.3) is 0 Å². The van der Waals surface area contributed by atoms with Gasteiger partial charge in [-0.25, -0.2) is 4.98 Å². The first-order chi connectivity index (χ1) is 8.19. The van der Waals surface area contributed by atoms with Gasteiger partial charge in [0, 0.05) is 10.8 Å². The second kappa shape index (κ2) is 5.52. The lowest BCUT2D eigenvalue weighted by Gasteiger charge is -2.04. The number of rotatable bonds is 4. The Hall–Kier alpha value is -1.06. The number of benzene rings is 1. The molecule has 0 atom stereocenters. The van der Waals surface area contributed by atoms with Gasteiger partial charge >= 0.3 is 0 Å². The van der Waals surface area contributed by atoms with Crippen LogP contribution >= 0.6 is 22.9 Å². The fourth-order valence-electron chi connectivity index (χ4n) is 1.46. The largest absolute Gasteiger partial charge is 0.486 e. The van der Waals surface area contributed by atoms with E-state index in [9.17, 15) is 0 Å². The van der Waals surface area contributed by atoms with E-state index in [1.165, 1.54) is 4.88 Å². The summed E-state index contributed by atoms with van der Waals surface area (Å²) in [4.78, 5) is 5.68. The van der Waals surface area contributed by atoms with Crippen LogP contribution < -0.4 is 4.74 Å². The Morgan fingerprint density at radius 3 is 2.82 bits per heavy atom. The van der Waals surface area contributed by atoms with Crippen molar-refractivity contribution < 1.29 is 4.74 Å². The van der Waals surface area contributed by atoms with Gasteiger partial charge in [0.1, 0.15) is 17.4 Å². The maximum Gasteiger partial charge on any atom is 0.140 e. The average Bonchev–Trinajstić information content (AvgIpc) is 2.67. The van der Waals surface area contributed by atoms with Crippen molar-refractivity contribution >= 4 is 22.9 Å². The highest BCUT2D eigenvalue weighted by molar-refractivity contribution is 7.11. The minimum Gasteiger partial charge on any atom is -0.486 e. The summed E-state index contributed by atoms with van der Waals surface area (Å²) in [5, 5.41) is 1.01. The van der Waals surface area contributed by atoms with Gasteiger partial charge in [0.05, 0.1) is 5.69 Å². The van der Waals surface area contributed by atoms with Crippen LogP contribution in [0.3, 0.4) is 0 Å². The molecular weight excluding hydrogens is 254 g/mol. The Labute approximate surface area is 110 Å². The molecule has 1 aromatic heterocycles. The van der Waals surface area contributed by atoms with Gasteiger partial charge in [0.15, 0.2) is 0 Å². The number of hydrogen-bond acceptors (Lipinski definition) is 3. The molecule has 0 N–H and O–H groups in total. The van der Waals surface area contributed by atoms with E-state index in [-0.39, 0.29) is 0 Å². The van der Waals surface area contributed by atoms with Gasteiger partial charge in [-0.1, -0.05) is 12.1 Å². The molecule has 0 saturated carbocycles. The average molecular weight is 268 g/mol. The molecule has 17 heavy (non-hydrogen) atoms. The van der Waals surface area contributed by atoms with E-state index in [4.69, 9.17) is 16.3 Å². The molecule has 1 heterocycles. The molecule has 0 bridgehead atoms. The highest BCUT2D eigenvalue weighted by Crippen LogP contribution is 2.20. The summed E-state index contributed by atoms with van der Waals surface area (Å²) in [5.41, 5.74) is 2.15. The summed E-state index contributed by atoms with van der Waals surface area (Å²) in [6, 6.07) is 7.83. The summed E-state index contributed by atoms with van der Waals surface area (Å²) in [6.45, 7) is 4.61. The van der Waals surface area contributed by atoms with E-state index in [1.54, 1.807) is 11.3 Å². The predicted molar refractivity (Wildman–Crippen MR) is 71.9 cm³/mol. The molecule has 0 aliphatic rings. The van der Waals surface area contributed by atoms with Crippen LogP contribution in [0.2, 0.25) is 0 Å². The van der Waals surface area contributed by atoms with Gasteiger partial charge in [0.2, 0.25) is 0 Å². The van der Waals surface area contributed by atoms with Crippen LogP contribution in [0.15, 0.2) is 24.3 Å². The summed E-state index contributed by atoms with van der Waals surface area (Å²) >= 11 is 7.46. The lowest BCUT2D eigenvalue weighted by molar-refractivity contribution is 0.305. The van der Waals surface area contributed by atoms with Crippen LogP contribution in [0.4, 0.5) is 0 Å². The fraction of sp³-hybridized carbons (Fsp3) is 0.308. The highest BCUT2D eigenvalue weighted by Gasteiger charge is 2.04. The van der Waals surface area contributed by atoms with Crippen molar-refractivity contribution in [2.75, 3.05) is 0 Å². The van der Waals surface area contributed by atoms with Crippen molar-refractivity contribution in [2.24, 2.45) is 0 Å². The van der Waals surface area contributed by atoms with Gasteiger partial charge in [-0.15, -0.1) is 22.9 Å². The molecule has 4 heteroatoms. The second-order valence-electron chi connectivity index (χ2n) is 3.82. The Balaban J connectivity index is 2.01. The Morgan fingerprint density at radius 2 is 2.18 bits per heavy atom. The summed E-state index contributed by atoms with van der Waals surface area (Å²) < 4.78 is 5.69. The van der Waals surface area contributed by atoms with Crippen LogP contribution in [0, 0.1) is 13.8 Å². The van der Waals surface area contributed by atoms with E-state index in [0.29, 0.717) is 12.5 Å². The topological polar surface area (TPSA) is 22.1 Å². The van der Waals surface area contributed by atoms with E-state index in [0.717, 1.165) is 22.0 Å². The number of ether oxygens (including phenoxy) is 1. The highest BCUT2D eigenvalue weighted by atomic mass is 35.5. The zero-order valence-corrected chi connectivity index (χ0v) is 11.4. The molecule has 0 saturated heterocycles. The molecule has 90 valence electrons. The van der Waals surface area contributed by atoms with Gasteiger partial charge in [-0.2, -0.15) is 0 Å². The maximum absolute atomic E-state index is 5.77. The SMILES string of the molecule is Cc1nc(COc2cccc(CCl)c2)sc1C. The lowest BCUT2D eigenvalue weighted by atomic mass is 10.2. The molecular formula is C13H14ClNOS. The number of aryl methyl sites for hydroxylation is 2. The van der Waals surface area contributed by atoms with E-state index < -0.39 is 0 Å². The van der Waals surface area contributed by atoms with Crippen LogP contribution in [0.25, 0.3) is 0 Å². The number of nitrogens with zero attached hydrogens (tertiary/aromatic N) is 1. The third kappa shape index (κ3) is 3.20. The Kier molecular flexibility index (Phi) is 4.02. The number of halogens is 1. The molecule has 1 aromatic carbocycles. The van der Waals surface area contributed by atoms with Crippen molar-refractivity contribution in [3.8, 4) is 5.75 Å². The third-order valence-corrected chi connectivity index (χ3v) is 3.84. The van der Waals surface area contributed by atoms with Crippen LogP contribution in [0.5, 0.6) is 5.75 Å². The molecule has 0 amide bonds. The zero-order valence-electron chi connectivity index (χ0n) is 9.87. The molecule has 0 aliphatic heterocycles. The van der Waals surface area contributed by atoms with E-state index in [2.05, 4.69) is 11.9 Å². The molecule has 0 radical (unpaired) electrons. The first-order valence-corrected chi connectivity index (χ1v) is 6.75. The first kappa shape index (κ1) is 12.4. The Bertz CT molecular complexity index is 490.